The van der Waals surface area contributed by atoms with Gasteiger partial charge in [-0.25, -0.2) is 13.5 Å². The van der Waals surface area contributed by atoms with Crippen molar-refractivity contribution in [2.75, 3.05) is 19.7 Å². The maximum atomic E-state index is 14.1. The summed E-state index contributed by atoms with van der Waals surface area (Å²) >= 11 is 0. The third-order valence-electron chi connectivity index (χ3n) is 5.20. The zero-order valence-corrected chi connectivity index (χ0v) is 15.0. The Morgan fingerprint density at radius 2 is 2.04 bits per heavy atom. The average Bonchev–Trinajstić information content (AvgIpc) is 2.83. The molecular weight excluding hydrogens is 324 g/mol. The highest BCUT2D eigenvalue weighted by Crippen LogP contribution is 2.30. The zero-order valence-electron chi connectivity index (χ0n) is 15.0. The SMILES string of the molecule is Cc1nn(-c2ccc(F)cc2F)c(C)c1CN1CCCC(C)(CO)C1. The van der Waals surface area contributed by atoms with Crippen LogP contribution in [0.4, 0.5) is 8.78 Å². The Kier molecular flexibility index (Phi) is 4.93. The maximum Gasteiger partial charge on any atom is 0.151 e. The molecule has 0 aliphatic carbocycles. The number of hydrogen-bond acceptors (Lipinski definition) is 3. The molecule has 0 spiro atoms. The lowest BCUT2D eigenvalue weighted by atomic mass is 9.82. The molecule has 1 N–H and O–H groups in total. The lowest BCUT2D eigenvalue weighted by molar-refractivity contribution is 0.0427. The average molecular weight is 349 g/mol. The fourth-order valence-corrected chi connectivity index (χ4v) is 3.71. The van der Waals surface area contributed by atoms with Crippen LogP contribution in [0.1, 0.15) is 36.7 Å². The second-order valence-electron chi connectivity index (χ2n) is 7.44. The van der Waals surface area contributed by atoms with E-state index in [1.54, 1.807) is 4.68 Å². The Hall–Kier alpha value is -1.79. The lowest BCUT2D eigenvalue weighted by Crippen LogP contribution is -2.43. The van der Waals surface area contributed by atoms with Crippen molar-refractivity contribution in [1.29, 1.82) is 0 Å². The van der Waals surface area contributed by atoms with E-state index in [0.717, 1.165) is 55.5 Å². The third-order valence-corrected chi connectivity index (χ3v) is 5.20. The van der Waals surface area contributed by atoms with Crippen molar-refractivity contribution in [3.63, 3.8) is 0 Å². The quantitative estimate of drug-likeness (QED) is 0.920. The first-order valence-corrected chi connectivity index (χ1v) is 8.67. The summed E-state index contributed by atoms with van der Waals surface area (Å²) in [5, 5.41) is 14.1. The van der Waals surface area contributed by atoms with Crippen molar-refractivity contribution in [1.82, 2.24) is 14.7 Å². The largest absolute Gasteiger partial charge is 0.396 e. The number of aliphatic hydroxyl groups excluding tert-OH is 1. The summed E-state index contributed by atoms with van der Waals surface area (Å²) in [5.41, 5.74) is 2.95. The maximum absolute atomic E-state index is 14.1. The van der Waals surface area contributed by atoms with E-state index in [9.17, 15) is 13.9 Å². The molecule has 25 heavy (non-hydrogen) atoms. The molecule has 4 nitrogen and oxygen atoms in total. The van der Waals surface area contributed by atoms with Crippen LogP contribution in [0.2, 0.25) is 0 Å². The van der Waals surface area contributed by atoms with Crippen molar-refractivity contribution < 1.29 is 13.9 Å². The first-order valence-electron chi connectivity index (χ1n) is 8.67. The van der Waals surface area contributed by atoms with E-state index >= 15 is 0 Å². The van der Waals surface area contributed by atoms with Crippen LogP contribution < -0.4 is 0 Å². The van der Waals surface area contributed by atoms with Gasteiger partial charge in [0, 0.05) is 42.4 Å². The van der Waals surface area contributed by atoms with Crippen LogP contribution >= 0.6 is 0 Å². The van der Waals surface area contributed by atoms with E-state index in [4.69, 9.17) is 0 Å². The molecule has 1 fully saturated rings. The molecular formula is C19H25F2N3O. The van der Waals surface area contributed by atoms with E-state index < -0.39 is 11.6 Å². The van der Waals surface area contributed by atoms with Gasteiger partial charge in [0.1, 0.15) is 11.5 Å². The van der Waals surface area contributed by atoms with E-state index in [1.165, 1.54) is 12.1 Å². The number of rotatable bonds is 4. The minimum absolute atomic E-state index is 0.0703. The summed E-state index contributed by atoms with van der Waals surface area (Å²) in [6.07, 6.45) is 2.08. The molecule has 0 bridgehead atoms. The molecule has 0 radical (unpaired) electrons. The standard InChI is InChI=1S/C19H25F2N3O/c1-13-16(10-23-8-4-7-19(3,11-23)12-25)14(2)24(22-13)18-6-5-15(20)9-17(18)21/h5-6,9,25H,4,7-8,10-12H2,1-3H3. The predicted octanol–water partition coefficient (Wildman–Crippen LogP) is 3.36. The van der Waals surface area contributed by atoms with Crippen LogP contribution in [-0.2, 0) is 6.54 Å². The topological polar surface area (TPSA) is 41.3 Å². The number of halogens is 2. The molecule has 1 saturated heterocycles. The number of aryl methyl sites for hydroxylation is 1. The lowest BCUT2D eigenvalue weighted by Gasteiger charge is -2.39. The van der Waals surface area contributed by atoms with Gasteiger partial charge in [-0.2, -0.15) is 5.10 Å². The second-order valence-corrected chi connectivity index (χ2v) is 7.44. The third kappa shape index (κ3) is 3.60. The molecule has 1 aromatic carbocycles. The number of likely N-dealkylation sites (tertiary alicyclic amines) is 1. The highest BCUT2D eigenvalue weighted by molar-refractivity contribution is 5.38. The monoisotopic (exact) mass is 349 g/mol. The molecule has 0 amide bonds. The van der Waals surface area contributed by atoms with Gasteiger partial charge in [-0.05, 0) is 45.4 Å². The van der Waals surface area contributed by atoms with Gasteiger partial charge < -0.3 is 5.11 Å². The first-order chi connectivity index (χ1) is 11.8. The second kappa shape index (κ2) is 6.84. The van der Waals surface area contributed by atoms with Gasteiger partial charge in [-0.3, -0.25) is 4.90 Å². The van der Waals surface area contributed by atoms with Gasteiger partial charge in [0.05, 0.1) is 5.69 Å². The van der Waals surface area contributed by atoms with E-state index in [1.807, 2.05) is 13.8 Å². The minimum Gasteiger partial charge on any atom is -0.396 e. The van der Waals surface area contributed by atoms with E-state index in [2.05, 4.69) is 16.9 Å². The molecule has 1 atom stereocenters. The molecule has 2 aromatic rings. The van der Waals surface area contributed by atoms with Crippen LogP contribution in [0, 0.1) is 30.9 Å². The smallest absolute Gasteiger partial charge is 0.151 e. The molecule has 3 rings (SSSR count). The van der Waals surface area contributed by atoms with Gasteiger partial charge in [0.15, 0.2) is 5.82 Å². The molecule has 1 aliphatic rings. The minimum atomic E-state index is -0.622. The highest BCUT2D eigenvalue weighted by Gasteiger charge is 2.31. The number of hydrogen-bond donors (Lipinski definition) is 1. The summed E-state index contributed by atoms with van der Waals surface area (Å²) < 4.78 is 28.8. The van der Waals surface area contributed by atoms with E-state index in [0.29, 0.717) is 0 Å². The van der Waals surface area contributed by atoms with Gasteiger partial charge in [0.25, 0.3) is 0 Å². The van der Waals surface area contributed by atoms with Crippen molar-refractivity contribution in [2.24, 2.45) is 5.41 Å². The van der Waals surface area contributed by atoms with Gasteiger partial charge >= 0.3 is 0 Å². The highest BCUT2D eigenvalue weighted by atomic mass is 19.1. The van der Waals surface area contributed by atoms with Crippen LogP contribution in [0.25, 0.3) is 5.69 Å². The molecule has 1 unspecified atom stereocenters. The number of benzene rings is 1. The number of aliphatic hydroxyl groups is 1. The molecule has 2 heterocycles. The number of nitrogens with zero attached hydrogens (tertiary/aromatic N) is 3. The van der Waals surface area contributed by atoms with Gasteiger partial charge in [-0.15, -0.1) is 0 Å². The fourth-order valence-electron chi connectivity index (χ4n) is 3.71. The van der Waals surface area contributed by atoms with Crippen molar-refractivity contribution in [2.45, 2.75) is 40.2 Å². The van der Waals surface area contributed by atoms with Gasteiger partial charge in [0.2, 0.25) is 0 Å². The summed E-state index contributed by atoms with van der Waals surface area (Å²) in [5.74, 6) is -1.22. The molecule has 1 aromatic heterocycles. The summed E-state index contributed by atoms with van der Waals surface area (Å²) in [6, 6.07) is 3.53. The predicted molar refractivity (Wildman–Crippen MR) is 92.7 cm³/mol. The van der Waals surface area contributed by atoms with Crippen molar-refractivity contribution >= 4 is 0 Å². The van der Waals surface area contributed by atoms with Crippen LogP contribution in [0.5, 0.6) is 0 Å². The zero-order chi connectivity index (χ0) is 18.2. The normalized spacial score (nSPS) is 21.7. The van der Waals surface area contributed by atoms with E-state index in [-0.39, 0.29) is 17.7 Å². The Morgan fingerprint density at radius 1 is 1.28 bits per heavy atom. The Balaban J connectivity index is 1.87. The summed E-state index contributed by atoms with van der Waals surface area (Å²) in [6.45, 7) is 8.64. The van der Waals surface area contributed by atoms with Crippen molar-refractivity contribution in [3.8, 4) is 5.69 Å². The molecule has 0 saturated carbocycles. The van der Waals surface area contributed by atoms with Crippen molar-refractivity contribution in [3.05, 3.63) is 46.8 Å². The van der Waals surface area contributed by atoms with Crippen LogP contribution in [-0.4, -0.2) is 39.5 Å². The molecule has 1 aliphatic heterocycles. The first kappa shape index (κ1) is 18.0. The molecule has 6 heteroatoms. The Labute approximate surface area is 147 Å². The summed E-state index contributed by atoms with van der Waals surface area (Å²) in [7, 11) is 0. The van der Waals surface area contributed by atoms with Crippen LogP contribution in [0.3, 0.4) is 0 Å². The molecule has 136 valence electrons. The fraction of sp³-hybridized carbons (Fsp3) is 0.526. The van der Waals surface area contributed by atoms with Crippen LogP contribution in [0.15, 0.2) is 18.2 Å². The Bertz CT molecular complexity index is 774. The summed E-state index contributed by atoms with van der Waals surface area (Å²) in [4.78, 5) is 2.32. The number of piperidine rings is 1. The van der Waals surface area contributed by atoms with Gasteiger partial charge in [-0.1, -0.05) is 6.92 Å². The Morgan fingerprint density at radius 3 is 2.72 bits per heavy atom. The number of aromatic nitrogens is 2.